The van der Waals surface area contributed by atoms with E-state index in [1.54, 1.807) is 29.3 Å². The predicted octanol–water partition coefficient (Wildman–Crippen LogP) is 5.73. The highest BCUT2D eigenvalue weighted by Crippen LogP contribution is 2.25. The highest BCUT2D eigenvalue weighted by atomic mass is 35.5. The van der Waals surface area contributed by atoms with Crippen molar-refractivity contribution in [1.29, 1.82) is 0 Å². The third kappa shape index (κ3) is 6.12. The van der Waals surface area contributed by atoms with E-state index >= 15 is 0 Å². The molecule has 2 aromatic carbocycles. The van der Waals surface area contributed by atoms with Gasteiger partial charge < -0.3 is 15.1 Å². The van der Waals surface area contributed by atoms with E-state index in [1.807, 2.05) is 61.5 Å². The molecule has 1 heterocycles. The molecule has 0 aliphatic carbocycles. The minimum atomic E-state index is -0.207. The number of hydrogen-bond acceptors (Lipinski definition) is 3. The Morgan fingerprint density at radius 3 is 2.40 bits per heavy atom. The maximum Gasteiger partial charge on any atom is 0.322 e. The Balaban J connectivity index is 1.74. The van der Waals surface area contributed by atoms with Crippen LogP contribution < -0.4 is 10.2 Å². The van der Waals surface area contributed by atoms with Crippen LogP contribution in [0.25, 0.3) is 0 Å². The topological polar surface area (TPSA) is 48.5 Å². The van der Waals surface area contributed by atoms with Crippen molar-refractivity contribution in [3.05, 3.63) is 88.2 Å². The summed E-state index contributed by atoms with van der Waals surface area (Å²) in [5.41, 5.74) is 3.69. The molecule has 30 heavy (non-hydrogen) atoms. The van der Waals surface area contributed by atoms with E-state index in [-0.39, 0.29) is 6.03 Å². The smallest absolute Gasteiger partial charge is 0.322 e. The molecule has 0 saturated heterocycles. The molecule has 0 saturated carbocycles. The number of benzene rings is 2. The fourth-order valence-corrected chi connectivity index (χ4v) is 3.24. The molecule has 7 heteroatoms. The Labute approximate surface area is 187 Å². The van der Waals surface area contributed by atoms with Gasteiger partial charge in [-0.3, -0.25) is 4.98 Å². The number of hydrogen-bond donors (Lipinski definition) is 1. The van der Waals surface area contributed by atoms with Gasteiger partial charge in [-0.1, -0.05) is 41.4 Å². The Kier molecular flexibility index (Phi) is 7.55. The zero-order valence-corrected chi connectivity index (χ0v) is 18.5. The minimum absolute atomic E-state index is 0.207. The fraction of sp³-hybridized carbons (Fsp3) is 0.217. The first-order valence-corrected chi connectivity index (χ1v) is 10.3. The molecule has 0 aliphatic rings. The van der Waals surface area contributed by atoms with Crippen LogP contribution in [0, 0.1) is 0 Å². The maximum atomic E-state index is 13.0. The molecule has 3 aromatic rings. The monoisotopic (exact) mass is 442 g/mol. The number of amides is 2. The Morgan fingerprint density at radius 1 is 1.00 bits per heavy atom. The Bertz CT molecular complexity index is 978. The molecule has 0 fully saturated rings. The molecule has 0 aliphatic heterocycles. The van der Waals surface area contributed by atoms with Gasteiger partial charge in [0.2, 0.25) is 0 Å². The van der Waals surface area contributed by atoms with E-state index in [0.717, 1.165) is 16.9 Å². The zero-order chi connectivity index (χ0) is 21.5. The third-order valence-electron chi connectivity index (χ3n) is 4.65. The van der Waals surface area contributed by atoms with Gasteiger partial charge in [0, 0.05) is 56.9 Å². The van der Waals surface area contributed by atoms with Gasteiger partial charge in [0.1, 0.15) is 0 Å². The van der Waals surface area contributed by atoms with Gasteiger partial charge >= 0.3 is 6.03 Å². The standard InChI is InChI=1S/C23H24Cl2N4O/c1-28(2)20-9-6-17(7-10-20)16-29(14-12-18-5-3-4-13-26-18)23(30)27-19-8-11-21(24)22(25)15-19/h3-11,13,15H,12,14,16H2,1-2H3,(H,27,30). The molecular weight excluding hydrogens is 419 g/mol. The van der Waals surface area contributed by atoms with Crippen molar-refractivity contribution in [1.82, 2.24) is 9.88 Å². The van der Waals surface area contributed by atoms with Crippen molar-refractivity contribution < 1.29 is 4.79 Å². The molecule has 0 spiro atoms. The fourth-order valence-electron chi connectivity index (χ4n) is 2.94. The minimum Gasteiger partial charge on any atom is -0.378 e. The number of pyridine rings is 1. The highest BCUT2D eigenvalue weighted by Gasteiger charge is 2.15. The lowest BCUT2D eigenvalue weighted by atomic mass is 10.1. The molecule has 1 N–H and O–H groups in total. The average molecular weight is 443 g/mol. The summed E-state index contributed by atoms with van der Waals surface area (Å²) in [4.78, 5) is 21.2. The quantitative estimate of drug-likeness (QED) is 0.507. The van der Waals surface area contributed by atoms with E-state index in [4.69, 9.17) is 23.2 Å². The molecule has 0 bridgehead atoms. The van der Waals surface area contributed by atoms with E-state index < -0.39 is 0 Å². The van der Waals surface area contributed by atoms with Crippen LogP contribution in [0.15, 0.2) is 66.9 Å². The van der Waals surface area contributed by atoms with Crippen molar-refractivity contribution in [3.8, 4) is 0 Å². The molecule has 0 radical (unpaired) electrons. The second kappa shape index (κ2) is 10.3. The number of carbonyl (C=O) groups is 1. The third-order valence-corrected chi connectivity index (χ3v) is 5.39. The predicted molar refractivity (Wildman–Crippen MR) is 125 cm³/mol. The van der Waals surface area contributed by atoms with Gasteiger partial charge in [0.15, 0.2) is 0 Å². The Morgan fingerprint density at radius 2 is 1.77 bits per heavy atom. The largest absolute Gasteiger partial charge is 0.378 e. The van der Waals surface area contributed by atoms with Gasteiger partial charge in [-0.15, -0.1) is 0 Å². The van der Waals surface area contributed by atoms with E-state index in [1.165, 1.54) is 0 Å². The molecule has 2 amide bonds. The zero-order valence-electron chi connectivity index (χ0n) is 17.0. The molecule has 0 atom stereocenters. The summed E-state index contributed by atoms with van der Waals surface area (Å²) in [6.45, 7) is 1.01. The number of carbonyl (C=O) groups excluding carboxylic acids is 1. The first-order valence-electron chi connectivity index (χ1n) is 9.59. The van der Waals surface area contributed by atoms with Crippen molar-refractivity contribution in [2.45, 2.75) is 13.0 Å². The summed E-state index contributed by atoms with van der Waals surface area (Å²) >= 11 is 12.1. The number of nitrogens with one attached hydrogen (secondary N) is 1. The summed E-state index contributed by atoms with van der Waals surface area (Å²) in [7, 11) is 4.00. The van der Waals surface area contributed by atoms with Gasteiger partial charge in [-0.2, -0.15) is 0 Å². The van der Waals surface area contributed by atoms with Gasteiger partial charge in [0.25, 0.3) is 0 Å². The summed E-state index contributed by atoms with van der Waals surface area (Å²) in [6.07, 6.45) is 2.42. The average Bonchev–Trinajstić information content (AvgIpc) is 2.74. The summed E-state index contributed by atoms with van der Waals surface area (Å²) in [5, 5.41) is 3.76. The number of rotatable bonds is 7. The lowest BCUT2D eigenvalue weighted by molar-refractivity contribution is 0.209. The SMILES string of the molecule is CN(C)c1ccc(CN(CCc2ccccn2)C(=O)Nc2ccc(Cl)c(Cl)c2)cc1. The van der Waals surface area contributed by atoms with E-state index in [0.29, 0.717) is 35.2 Å². The number of nitrogens with zero attached hydrogens (tertiary/aromatic N) is 3. The van der Waals surface area contributed by atoms with Gasteiger partial charge in [0.05, 0.1) is 10.0 Å². The highest BCUT2D eigenvalue weighted by molar-refractivity contribution is 6.42. The van der Waals surface area contributed by atoms with Crippen LogP contribution in [0.4, 0.5) is 16.2 Å². The maximum absolute atomic E-state index is 13.0. The van der Waals surface area contributed by atoms with Crippen LogP contribution in [-0.2, 0) is 13.0 Å². The van der Waals surface area contributed by atoms with Crippen molar-refractivity contribution in [2.24, 2.45) is 0 Å². The van der Waals surface area contributed by atoms with E-state index in [2.05, 4.69) is 10.3 Å². The molecule has 1 aromatic heterocycles. The molecule has 0 unspecified atom stereocenters. The first kappa shape index (κ1) is 21.9. The lowest BCUT2D eigenvalue weighted by Gasteiger charge is -2.24. The van der Waals surface area contributed by atoms with Crippen LogP contribution in [-0.4, -0.2) is 36.6 Å². The summed E-state index contributed by atoms with van der Waals surface area (Å²) in [5.74, 6) is 0. The van der Waals surface area contributed by atoms with Crippen molar-refractivity contribution in [2.75, 3.05) is 30.9 Å². The number of urea groups is 1. The van der Waals surface area contributed by atoms with Crippen LogP contribution in [0.1, 0.15) is 11.3 Å². The molecular formula is C23H24Cl2N4O. The molecule has 156 valence electrons. The van der Waals surface area contributed by atoms with Gasteiger partial charge in [-0.05, 0) is 48.0 Å². The van der Waals surface area contributed by atoms with Crippen LogP contribution in [0.2, 0.25) is 10.0 Å². The van der Waals surface area contributed by atoms with Crippen LogP contribution in [0.5, 0.6) is 0 Å². The number of anilines is 2. The van der Waals surface area contributed by atoms with Crippen LogP contribution in [0.3, 0.4) is 0 Å². The van der Waals surface area contributed by atoms with Gasteiger partial charge in [-0.25, -0.2) is 4.79 Å². The van der Waals surface area contributed by atoms with Crippen LogP contribution >= 0.6 is 23.2 Å². The normalized spacial score (nSPS) is 10.5. The van der Waals surface area contributed by atoms with Crippen molar-refractivity contribution in [3.63, 3.8) is 0 Å². The number of halogens is 2. The lowest BCUT2D eigenvalue weighted by Crippen LogP contribution is -2.36. The second-order valence-electron chi connectivity index (χ2n) is 7.11. The van der Waals surface area contributed by atoms with Crippen molar-refractivity contribution >= 4 is 40.6 Å². The Hall–Kier alpha value is -2.76. The van der Waals surface area contributed by atoms with E-state index in [9.17, 15) is 4.79 Å². The first-order chi connectivity index (χ1) is 14.4. The molecule has 5 nitrogen and oxygen atoms in total. The molecule has 3 rings (SSSR count). The number of aromatic nitrogens is 1. The summed E-state index contributed by atoms with van der Waals surface area (Å²) in [6, 6.07) is 18.8. The summed E-state index contributed by atoms with van der Waals surface area (Å²) < 4.78 is 0. The second-order valence-corrected chi connectivity index (χ2v) is 7.93.